The Morgan fingerprint density at radius 2 is 1.28 bits per heavy atom. The Kier molecular flexibility index (Phi) is 8.01. The van der Waals surface area contributed by atoms with Crippen LogP contribution in [0.2, 0.25) is 0 Å². The van der Waals surface area contributed by atoms with Gasteiger partial charge in [0.25, 0.3) is 0 Å². The topological polar surface area (TPSA) is 52.7 Å². The second-order valence-corrected chi connectivity index (χ2v) is 7.86. The highest BCUT2D eigenvalue weighted by atomic mass is 35.5. The van der Waals surface area contributed by atoms with Crippen LogP contribution in [0, 0.1) is 17.8 Å². The van der Waals surface area contributed by atoms with Crippen molar-refractivity contribution in [1.82, 2.24) is 15.1 Å². The number of amides is 2. The predicted octanol–water partition coefficient (Wildman–Crippen LogP) is 2.30. The molecule has 25 heavy (non-hydrogen) atoms. The van der Waals surface area contributed by atoms with Crippen LogP contribution in [0.15, 0.2) is 0 Å². The first-order valence-corrected chi connectivity index (χ1v) is 9.93. The summed E-state index contributed by atoms with van der Waals surface area (Å²) in [4.78, 5) is 30.0. The first kappa shape index (κ1) is 20.5. The number of nitrogens with zero attached hydrogens (tertiary/aromatic N) is 2. The summed E-state index contributed by atoms with van der Waals surface area (Å²) in [6, 6.07) is 0. The molecule has 3 rings (SSSR count). The zero-order chi connectivity index (χ0) is 16.9. The SMILES string of the molecule is CNCC1CCN(C(=O)C2CCCCC2C(=O)N2CCCC2)CC1.Cl. The highest BCUT2D eigenvalue weighted by Crippen LogP contribution is 2.34. The molecule has 6 heteroatoms. The summed E-state index contributed by atoms with van der Waals surface area (Å²) < 4.78 is 0. The molecule has 2 aliphatic heterocycles. The molecule has 2 atom stereocenters. The number of rotatable bonds is 4. The van der Waals surface area contributed by atoms with Gasteiger partial charge in [-0.1, -0.05) is 12.8 Å². The third kappa shape index (κ3) is 4.88. The van der Waals surface area contributed by atoms with Crippen LogP contribution in [0.3, 0.4) is 0 Å². The van der Waals surface area contributed by atoms with Crippen molar-refractivity contribution in [2.45, 2.75) is 51.4 Å². The van der Waals surface area contributed by atoms with Crippen molar-refractivity contribution in [3.63, 3.8) is 0 Å². The third-order valence-corrected chi connectivity index (χ3v) is 6.24. The normalized spacial score (nSPS) is 27.9. The molecule has 1 N–H and O–H groups in total. The van der Waals surface area contributed by atoms with Crippen LogP contribution in [-0.4, -0.2) is 61.4 Å². The lowest BCUT2D eigenvalue weighted by atomic mass is 9.77. The molecular formula is C19H34ClN3O2. The molecule has 144 valence electrons. The maximum absolute atomic E-state index is 13.1. The first-order chi connectivity index (χ1) is 11.7. The molecule has 0 aromatic rings. The van der Waals surface area contributed by atoms with E-state index in [0.717, 1.165) is 84.1 Å². The Bertz CT molecular complexity index is 446. The lowest BCUT2D eigenvalue weighted by Gasteiger charge is -2.38. The fraction of sp³-hybridized carbons (Fsp3) is 0.895. The minimum Gasteiger partial charge on any atom is -0.342 e. The van der Waals surface area contributed by atoms with E-state index in [1.54, 1.807) is 0 Å². The Morgan fingerprint density at radius 1 is 0.800 bits per heavy atom. The van der Waals surface area contributed by atoms with Gasteiger partial charge in [-0.2, -0.15) is 0 Å². The number of carbonyl (C=O) groups is 2. The van der Waals surface area contributed by atoms with Gasteiger partial charge in [-0.15, -0.1) is 12.4 Å². The summed E-state index contributed by atoms with van der Waals surface area (Å²) >= 11 is 0. The molecule has 2 amide bonds. The monoisotopic (exact) mass is 371 g/mol. The van der Waals surface area contributed by atoms with Crippen molar-refractivity contribution in [1.29, 1.82) is 0 Å². The van der Waals surface area contributed by atoms with E-state index < -0.39 is 0 Å². The van der Waals surface area contributed by atoms with Crippen molar-refractivity contribution < 1.29 is 9.59 Å². The van der Waals surface area contributed by atoms with Crippen LogP contribution in [0.1, 0.15) is 51.4 Å². The maximum atomic E-state index is 13.1. The largest absolute Gasteiger partial charge is 0.342 e. The van der Waals surface area contributed by atoms with E-state index in [0.29, 0.717) is 5.92 Å². The second-order valence-electron chi connectivity index (χ2n) is 7.86. The van der Waals surface area contributed by atoms with E-state index in [1.165, 1.54) is 0 Å². The number of likely N-dealkylation sites (tertiary alicyclic amines) is 2. The van der Waals surface area contributed by atoms with Crippen LogP contribution in [0.5, 0.6) is 0 Å². The summed E-state index contributed by atoms with van der Waals surface area (Å²) in [6.07, 6.45) is 8.41. The number of piperidine rings is 1. The molecule has 2 heterocycles. The summed E-state index contributed by atoms with van der Waals surface area (Å²) in [5.41, 5.74) is 0. The van der Waals surface area contributed by atoms with E-state index >= 15 is 0 Å². The van der Waals surface area contributed by atoms with Gasteiger partial charge in [-0.05, 0) is 58.0 Å². The van der Waals surface area contributed by atoms with Crippen molar-refractivity contribution in [2.75, 3.05) is 39.8 Å². The van der Waals surface area contributed by atoms with Crippen molar-refractivity contribution in [3.8, 4) is 0 Å². The Balaban J connectivity index is 0.00000225. The average Bonchev–Trinajstić information content (AvgIpc) is 3.16. The van der Waals surface area contributed by atoms with Gasteiger partial charge in [0.2, 0.25) is 11.8 Å². The number of hydrogen-bond acceptors (Lipinski definition) is 3. The van der Waals surface area contributed by atoms with Crippen LogP contribution in [-0.2, 0) is 9.59 Å². The molecule has 0 bridgehead atoms. The first-order valence-electron chi connectivity index (χ1n) is 9.93. The van der Waals surface area contributed by atoms with Gasteiger partial charge < -0.3 is 15.1 Å². The fourth-order valence-electron chi connectivity index (χ4n) is 4.77. The van der Waals surface area contributed by atoms with Gasteiger partial charge in [0.05, 0.1) is 0 Å². The Hall–Kier alpha value is -0.810. The highest BCUT2D eigenvalue weighted by Gasteiger charge is 2.40. The molecule has 5 nitrogen and oxygen atoms in total. The van der Waals surface area contributed by atoms with Gasteiger partial charge in [-0.3, -0.25) is 9.59 Å². The Labute approximate surface area is 158 Å². The van der Waals surface area contributed by atoms with Gasteiger partial charge in [0.15, 0.2) is 0 Å². The van der Waals surface area contributed by atoms with Crippen LogP contribution in [0.4, 0.5) is 0 Å². The Morgan fingerprint density at radius 3 is 1.76 bits per heavy atom. The predicted molar refractivity (Wildman–Crippen MR) is 102 cm³/mol. The van der Waals surface area contributed by atoms with Crippen LogP contribution >= 0.6 is 12.4 Å². The number of carbonyl (C=O) groups excluding carboxylic acids is 2. The van der Waals surface area contributed by atoms with E-state index in [4.69, 9.17) is 0 Å². The molecule has 2 unspecified atom stereocenters. The molecule has 1 aliphatic carbocycles. The number of halogens is 1. The zero-order valence-electron chi connectivity index (χ0n) is 15.5. The molecule has 3 aliphatic rings. The standard InChI is InChI=1S/C19H33N3O2.ClH/c1-20-14-15-8-12-22(13-9-15)19(24)17-7-3-2-6-16(17)18(23)21-10-4-5-11-21;/h15-17,20H,2-14H2,1H3;1H. The molecular weight excluding hydrogens is 338 g/mol. The summed E-state index contributed by atoms with van der Waals surface area (Å²) in [5, 5.41) is 3.24. The molecule has 0 spiro atoms. The molecule has 3 fully saturated rings. The average molecular weight is 372 g/mol. The minimum atomic E-state index is -0.0623. The number of hydrogen-bond donors (Lipinski definition) is 1. The smallest absolute Gasteiger partial charge is 0.226 e. The summed E-state index contributed by atoms with van der Waals surface area (Å²) in [7, 11) is 1.99. The fourth-order valence-corrected chi connectivity index (χ4v) is 4.77. The van der Waals surface area contributed by atoms with Crippen molar-refractivity contribution >= 4 is 24.2 Å². The quantitative estimate of drug-likeness (QED) is 0.824. The summed E-state index contributed by atoms with van der Waals surface area (Å²) in [6.45, 7) is 4.57. The van der Waals surface area contributed by atoms with E-state index in [9.17, 15) is 9.59 Å². The maximum Gasteiger partial charge on any atom is 0.226 e. The minimum absolute atomic E-state index is 0. The van der Waals surface area contributed by atoms with Crippen LogP contribution in [0.25, 0.3) is 0 Å². The lowest BCUT2D eigenvalue weighted by Crippen LogP contribution is -2.48. The summed E-state index contributed by atoms with van der Waals surface area (Å²) in [5.74, 6) is 1.09. The van der Waals surface area contributed by atoms with Gasteiger partial charge in [-0.25, -0.2) is 0 Å². The van der Waals surface area contributed by atoms with Gasteiger partial charge in [0, 0.05) is 38.0 Å². The molecule has 2 saturated heterocycles. The van der Waals surface area contributed by atoms with E-state index in [2.05, 4.69) is 5.32 Å². The second kappa shape index (κ2) is 9.77. The van der Waals surface area contributed by atoms with Crippen molar-refractivity contribution in [3.05, 3.63) is 0 Å². The number of nitrogens with one attached hydrogen (secondary N) is 1. The van der Waals surface area contributed by atoms with E-state index in [-0.39, 0.29) is 36.1 Å². The molecule has 0 radical (unpaired) electrons. The van der Waals surface area contributed by atoms with Crippen molar-refractivity contribution in [2.24, 2.45) is 17.8 Å². The lowest BCUT2D eigenvalue weighted by molar-refractivity contribution is -0.148. The van der Waals surface area contributed by atoms with Gasteiger partial charge >= 0.3 is 0 Å². The molecule has 1 saturated carbocycles. The molecule has 0 aromatic carbocycles. The highest BCUT2D eigenvalue weighted by molar-refractivity contribution is 5.88. The van der Waals surface area contributed by atoms with E-state index in [1.807, 2.05) is 16.8 Å². The third-order valence-electron chi connectivity index (χ3n) is 6.24. The van der Waals surface area contributed by atoms with Gasteiger partial charge in [0.1, 0.15) is 0 Å². The molecule has 0 aromatic heterocycles. The zero-order valence-corrected chi connectivity index (χ0v) is 16.4. The van der Waals surface area contributed by atoms with Crippen LogP contribution < -0.4 is 5.32 Å².